The number of anilines is 1. The van der Waals surface area contributed by atoms with Crippen LogP contribution in [0.15, 0.2) is 18.2 Å². The minimum Gasteiger partial charge on any atom is -0.368 e. The molecule has 0 unspecified atom stereocenters. The van der Waals surface area contributed by atoms with Gasteiger partial charge in [0, 0.05) is 38.1 Å². The van der Waals surface area contributed by atoms with Crippen LogP contribution in [-0.2, 0) is 14.6 Å². The van der Waals surface area contributed by atoms with E-state index >= 15 is 0 Å². The van der Waals surface area contributed by atoms with Crippen molar-refractivity contribution in [2.45, 2.75) is 31.4 Å². The Morgan fingerprint density at radius 3 is 2.27 bits per heavy atom. The molecule has 0 spiro atoms. The van der Waals surface area contributed by atoms with Crippen molar-refractivity contribution in [3.8, 4) is 0 Å². The van der Waals surface area contributed by atoms with Gasteiger partial charge in [0.2, 0.25) is 5.91 Å². The lowest BCUT2D eigenvalue weighted by Crippen LogP contribution is -2.61. The number of piperazine rings is 1. The van der Waals surface area contributed by atoms with Crippen LogP contribution in [0.4, 0.5) is 5.69 Å². The molecule has 1 aromatic rings. The molecular formula is C19H29N3O3S. The van der Waals surface area contributed by atoms with Gasteiger partial charge in [0.05, 0.1) is 0 Å². The predicted molar refractivity (Wildman–Crippen MR) is 104 cm³/mol. The number of benzene rings is 1. The predicted octanol–water partition coefficient (Wildman–Crippen LogP) is 1.12. The third-order valence-corrected chi connectivity index (χ3v) is 8.00. The number of carbonyl (C=O) groups is 1. The van der Waals surface area contributed by atoms with Crippen LogP contribution in [0.25, 0.3) is 0 Å². The zero-order chi connectivity index (χ0) is 18.9. The molecule has 0 radical (unpaired) electrons. The highest BCUT2D eigenvalue weighted by molar-refractivity contribution is 7.92. The van der Waals surface area contributed by atoms with E-state index in [1.165, 1.54) is 23.1 Å². The van der Waals surface area contributed by atoms with Crippen molar-refractivity contribution in [3.63, 3.8) is 0 Å². The number of amides is 1. The fourth-order valence-electron chi connectivity index (χ4n) is 4.09. The maximum Gasteiger partial charge on any atom is 0.244 e. The van der Waals surface area contributed by atoms with Gasteiger partial charge in [-0.25, -0.2) is 8.42 Å². The van der Waals surface area contributed by atoms with Crippen molar-refractivity contribution in [2.24, 2.45) is 0 Å². The highest BCUT2D eigenvalue weighted by Gasteiger charge is 2.50. The molecule has 1 aromatic carbocycles. The molecule has 0 bridgehead atoms. The first-order valence-corrected chi connectivity index (χ1v) is 11.2. The molecule has 2 aliphatic rings. The van der Waals surface area contributed by atoms with Gasteiger partial charge in [0.1, 0.15) is 0 Å². The molecule has 7 heteroatoms. The molecule has 1 amide bonds. The van der Waals surface area contributed by atoms with E-state index in [0.717, 1.165) is 13.1 Å². The summed E-state index contributed by atoms with van der Waals surface area (Å²) >= 11 is 0. The van der Waals surface area contributed by atoms with E-state index in [1.807, 2.05) is 0 Å². The first kappa shape index (κ1) is 19.2. The number of carbonyl (C=O) groups excluding carboxylic acids is 1. The van der Waals surface area contributed by atoms with E-state index in [4.69, 9.17) is 0 Å². The minimum atomic E-state index is -3.46. The first-order valence-electron chi connectivity index (χ1n) is 9.27. The smallest absolute Gasteiger partial charge is 0.244 e. The van der Waals surface area contributed by atoms with Gasteiger partial charge >= 0.3 is 0 Å². The van der Waals surface area contributed by atoms with Gasteiger partial charge in [-0.2, -0.15) is 0 Å². The van der Waals surface area contributed by atoms with Gasteiger partial charge in [0.15, 0.2) is 14.6 Å². The molecule has 0 aromatic heterocycles. The quantitative estimate of drug-likeness (QED) is 0.852. The Bertz CT molecular complexity index is 777. The van der Waals surface area contributed by atoms with E-state index in [2.05, 4.69) is 42.3 Å². The van der Waals surface area contributed by atoms with Crippen molar-refractivity contribution >= 4 is 21.4 Å². The molecule has 0 saturated carbocycles. The average molecular weight is 380 g/mol. The molecule has 1 N–H and O–H groups in total. The van der Waals surface area contributed by atoms with E-state index in [-0.39, 0.29) is 5.91 Å². The normalized spacial score (nSPS) is 20.9. The molecule has 2 saturated heterocycles. The second-order valence-electron chi connectivity index (χ2n) is 7.51. The summed E-state index contributed by atoms with van der Waals surface area (Å²) < 4.78 is 23.7. The van der Waals surface area contributed by atoms with Crippen LogP contribution in [0.1, 0.15) is 24.0 Å². The van der Waals surface area contributed by atoms with Gasteiger partial charge in [0.25, 0.3) is 0 Å². The monoisotopic (exact) mass is 379 g/mol. The Labute approximate surface area is 156 Å². The molecule has 26 heavy (non-hydrogen) atoms. The lowest BCUT2D eigenvalue weighted by Gasteiger charge is -2.42. The van der Waals surface area contributed by atoms with Crippen molar-refractivity contribution in [1.82, 2.24) is 10.2 Å². The van der Waals surface area contributed by atoms with Gasteiger partial charge in [-0.1, -0.05) is 12.1 Å². The topological polar surface area (TPSA) is 69.7 Å². The van der Waals surface area contributed by atoms with E-state index < -0.39 is 14.6 Å². The number of nitrogens with zero attached hydrogens (tertiary/aromatic N) is 2. The zero-order valence-corrected chi connectivity index (χ0v) is 16.7. The Morgan fingerprint density at radius 1 is 1.08 bits per heavy atom. The summed E-state index contributed by atoms with van der Waals surface area (Å²) in [6, 6.07) is 6.28. The third kappa shape index (κ3) is 3.34. The first-order chi connectivity index (χ1) is 12.3. The molecular weight excluding hydrogens is 350 g/mol. The van der Waals surface area contributed by atoms with E-state index in [9.17, 15) is 13.2 Å². The fourth-order valence-corrected chi connectivity index (χ4v) is 5.48. The van der Waals surface area contributed by atoms with E-state index in [1.54, 1.807) is 4.90 Å². The number of nitrogens with one attached hydrogen (secondary N) is 1. The molecule has 2 aliphatic heterocycles. The molecule has 2 heterocycles. The summed E-state index contributed by atoms with van der Waals surface area (Å²) in [5.41, 5.74) is 3.72. The van der Waals surface area contributed by atoms with Gasteiger partial charge in [-0.15, -0.1) is 0 Å². The Morgan fingerprint density at radius 2 is 1.69 bits per heavy atom. The summed E-state index contributed by atoms with van der Waals surface area (Å²) in [6.07, 6.45) is 1.94. The largest absolute Gasteiger partial charge is 0.368 e. The summed E-state index contributed by atoms with van der Waals surface area (Å²) in [6.45, 7) is 7.96. The van der Waals surface area contributed by atoms with Gasteiger partial charge in [-0.3, -0.25) is 4.79 Å². The van der Waals surface area contributed by atoms with Crippen LogP contribution in [0.5, 0.6) is 0 Å². The van der Waals surface area contributed by atoms with Crippen LogP contribution >= 0.6 is 0 Å². The molecule has 0 aliphatic carbocycles. The van der Waals surface area contributed by atoms with Crippen molar-refractivity contribution in [2.75, 3.05) is 50.4 Å². The van der Waals surface area contributed by atoms with Crippen LogP contribution in [0.2, 0.25) is 0 Å². The standard InChI is InChI=1S/C19H29N3O3S/c1-15-5-4-6-17(16(15)2)21-11-13-22(14-12-21)18(23)19(26(3,24)25)7-9-20-10-8-19/h4-6,20H,7-14H2,1-3H3. The van der Waals surface area contributed by atoms with Gasteiger partial charge in [-0.05, 0) is 57.0 Å². The maximum atomic E-state index is 13.2. The zero-order valence-electron chi connectivity index (χ0n) is 15.9. The SMILES string of the molecule is Cc1cccc(N2CCN(C(=O)C3(S(C)(=O)=O)CCNCC3)CC2)c1C. The highest BCUT2D eigenvalue weighted by Crippen LogP contribution is 2.31. The minimum absolute atomic E-state index is 0.206. The van der Waals surface area contributed by atoms with E-state index in [0.29, 0.717) is 39.0 Å². The molecule has 3 rings (SSSR count). The summed E-state index contributed by atoms with van der Waals surface area (Å²) in [5.74, 6) is -0.206. The number of piperidine rings is 1. The van der Waals surface area contributed by atoms with Crippen molar-refractivity contribution < 1.29 is 13.2 Å². The lowest BCUT2D eigenvalue weighted by molar-refractivity contribution is -0.135. The van der Waals surface area contributed by atoms with Crippen LogP contribution < -0.4 is 10.2 Å². The molecule has 144 valence electrons. The fraction of sp³-hybridized carbons (Fsp3) is 0.632. The summed E-state index contributed by atoms with van der Waals surface area (Å²) in [5, 5.41) is 3.17. The van der Waals surface area contributed by atoms with Crippen molar-refractivity contribution in [3.05, 3.63) is 29.3 Å². The van der Waals surface area contributed by atoms with Crippen molar-refractivity contribution in [1.29, 1.82) is 0 Å². The molecule has 6 nitrogen and oxygen atoms in total. The van der Waals surface area contributed by atoms with Gasteiger partial charge < -0.3 is 15.1 Å². The summed E-state index contributed by atoms with van der Waals surface area (Å²) in [4.78, 5) is 17.2. The van der Waals surface area contributed by atoms with Crippen LogP contribution in [0, 0.1) is 13.8 Å². The Kier molecular flexibility index (Phi) is 5.30. The number of hydrogen-bond acceptors (Lipinski definition) is 5. The number of aryl methyl sites for hydroxylation is 1. The van der Waals surface area contributed by atoms with Crippen LogP contribution in [-0.4, -0.2) is 69.5 Å². The Balaban J connectivity index is 1.74. The van der Waals surface area contributed by atoms with Crippen LogP contribution in [0.3, 0.4) is 0 Å². The third-order valence-electron chi connectivity index (χ3n) is 5.99. The number of sulfone groups is 1. The lowest BCUT2D eigenvalue weighted by atomic mass is 9.94. The summed E-state index contributed by atoms with van der Waals surface area (Å²) in [7, 11) is -3.46. The number of rotatable bonds is 3. The highest BCUT2D eigenvalue weighted by atomic mass is 32.2. The molecule has 0 atom stereocenters. The second-order valence-corrected chi connectivity index (χ2v) is 9.84. The maximum absolute atomic E-state index is 13.2. The molecule has 2 fully saturated rings. The number of hydrogen-bond donors (Lipinski definition) is 1. The second kappa shape index (κ2) is 7.19. The Hall–Kier alpha value is -1.60. The average Bonchev–Trinajstić information content (AvgIpc) is 2.63.